The molecular formula is C24H28ClN7O3. The van der Waals surface area contributed by atoms with Crippen LogP contribution in [0.25, 0.3) is 0 Å². The summed E-state index contributed by atoms with van der Waals surface area (Å²) < 4.78 is 6.52. The van der Waals surface area contributed by atoms with E-state index in [-0.39, 0.29) is 11.8 Å². The number of anilines is 4. The van der Waals surface area contributed by atoms with Gasteiger partial charge in [-0.05, 0) is 25.0 Å². The minimum Gasteiger partial charge on any atom is -0.383 e. The zero-order valence-electron chi connectivity index (χ0n) is 19.8. The summed E-state index contributed by atoms with van der Waals surface area (Å²) in [5.41, 5.74) is 3.63. The smallest absolute Gasteiger partial charge is 0.255 e. The molecule has 1 unspecified atom stereocenters. The standard InChI is InChI=1S/C24H28ClN7O3/c1-15(23(33)26-8-10-35-3)32-14-17(12-28-32)29-21-11-20(18(25)13-27-21)30-19-6-4-5-16-7-9-31(2)24(34)22(16)19/h4-6,11-15H,7-10H2,1-3H3,(H,26,33)(H2,27,29,30). The summed E-state index contributed by atoms with van der Waals surface area (Å²) >= 11 is 6.41. The van der Waals surface area contributed by atoms with E-state index in [0.29, 0.717) is 53.2 Å². The summed E-state index contributed by atoms with van der Waals surface area (Å²) in [7, 11) is 3.38. The summed E-state index contributed by atoms with van der Waals surface area (Å²) in [6, 6.07) is 7.04. The molecule has 1 aliphatic rings. The number of amides is 2. The van der Waals surface area contributed by atoms with Gasteiger partial charge in [-0.15, -0.1) is 0 Å². The average molecular weight is 498 g/mol. The van der Waals surface area contributed by atoms with Crippen molar-refractivity contribution in [2.45, 2.75) is 19.4 Å². The van der Waals surface area contributed by atoms with Gasteiger partial charge < -0.3 is 25.6 Å². The minimum absolute atomic E-state index is 0.0225. The molecule has 1 aliphatic heterocycles. The number of fused-ring (bicyclic) bond motifs is 1. The number of nitrogens with one attached hydrogen (secondary N) is 3. The second-order valence-corrected chi connectivity index (χ2v) is 8.69. The van der Waals surface area contributed by atoms with Crippen LogP contribution in [0.2, 0.25) is 5.02 Å². The van der Waals surface area contributed by atoms with Crippen LogP contribution >= 0.6 is 11.6 Å². The van der Waals surface area contributed by atoms with E-state index in [1.807, 2.05) is 18.2 Å². The van der Waals surface area contributed by atoms with Crippen LogP contribution in [0.15, 0.2) is 42.9 Å². The monoisotopic (exact) mass is 497 g/mol. The van der Waals surface area contributed by atoms with Crippen molar-refractivity contribution in [1.82, 2.24) is 25.0 Å². The lowest BCUT2D eigenvalue weighted by Crippen LogP contribution is -2.34. The van der Waals surface area contributed by atoms with Crippen molar-refractivity contribution < 1.29 is 14.3 Å². The van der Waals surface area contributed by atoms with E-state index >= 15 is 0 Å². The quantitative estimate of drug-likeness (QED) is 0.388. The Morgan fingerprint density at radius 2 is 2.09 bits per heavy atom. The Labute approximate surface area is 208 Å². The molecule has 184 valence electrons. The Kier molecular flexibility index (Phi) is 7.52. The number of ether oxygens (including phenoxy) is 1. The molecule has 2 amide bonds. The van der Waals surface area contributed by atoms with Crippen molar-refractivity contribution >= 4 is 46.3 Å². The normalized spacial score (nSPS) is 13.8. The van der Waals surface area contributed by atoms with Crippen molar-refractivity contribution in [3.63, 3.8) is 0 Å². The molecule has 1 atom stereocenters. The minimum atomic E-state index is -0.488. The fraction of sp³-hybridized carbons (Fsp3) is 0.333. The zero-order valence-corrected chi connectivity index (χ0v) is 20.6. The number of rotatable bonds is 9. The Bertz CT molecular complexity index is 1230. The number of pyridine rings is 1. The van der Waals surface area contributed by atoms with Crippen LogP contribution < -0.4 is 16.0 Å². The van der Waals surface area contributed by atoms with Crippen LogP contribution in [0.5, 0.6) is 0 Å². The Hall–Kier alpha value is -3.63. The van der Waals surface area contributed by atoms with Crippen molar-refractivity contribution in [3.05, 3.63) is 59.0 Å². The van der Waals surface area contributed by atoms with Crippen LogP contribution in [-0.4, -0.2) is 65.3 Å². The molecule has 11 heteroatoms. The number of aromatic nitrogens is 3. The molecule has 10 nitrogen and oxygen atoms in total. The molecule has 2 aromatic heterocycles. The van der Waals surface area contributed by atoms with Gasteiger partial charge in [-0.1, -0.05) is 23.7 Å². The highest BCUT2D eigenvalue weighted by Crippen LogP contribution is 2.32. The van der Waals surface area contributed by atoms with Gasteiger partial charge >= 0.3 is 0 Å². The van der Waals surface area contributed by atoms with E-state index in [0.717, 1.165) is 12.0 Å². The van der Waals surface area contributed by atoms with Crippen LogP contribution in [0.3, 0.4) is 0 Å². The molecule has 3 N–H and O–H groups in total. The first-order valence-corrected chi connectivity index (χ1v) is 11.6. The number of carbonyl (C=O) groups excluding carboxylic acids is 2. The third kappa shape index (κ3) is 5.55. The molecular weight excluding hydrogens is 470 g/mol. The lowest BCUT2D eigenvalue weighted by molar-refractivity contribution is -0.124. The Morgan fingerprint density at radius 3 is 2.89 bits per heavy atom. The fourth-order valence-electron chi connectivity index (χ4n) is 3.80. The van der Waals surface area contributed by atoms with E-state index in [1.165, 1.54) is 6.20 Å². The molecule has 0 saturated heterocycles. The van der Waals surface area contributed by atoms with Crippen LogP contribution in [0, 0.1) is 0 Å². The van der Waals surface area contributed by atoms with Gasteiger partial charge in [0.1, 0.15) is 11.9 Å². The van der Waals surface area contributed by atoms with E-state index in [1.54, 1.807) is 49.1 Å². The molecule has 1 aromatic carbocycles. The maximum Gasteiger partial charge on any atom is 0.255 e. The Balaban J connectivity index is 1.49. The van der Waals surface area contributed by atoms with Crippen LogP contribution in [-0.2, 0) is 16.0 Å². The average Bonchev–Trinajstić information content (AvgIpc) is 3.31. The molecule has 0 spiro atoms. The molecule has 0 bridgehead atoms. The highest BCUT2D eigenvalue weighted by atomic mass is 35.5. The van der Waals surface area contributed by atoms with Gasteiger partial charge in [0.05, 0.1) is 46.6 Å². The lowest BCUT2D eigenvalue weighted by Gasteiger charge is -2.27. The van der Waals surface area contributed by atoms with E-state index in [9.17, 15) is 9.59 Å². The number of hydrogen-bond donors (Lipinski definition) is 3. The largest absolute Gasteiger partial charge is 0.383 e. The summed E-state index contributed by atoms with van der Waals surface area (Å²) in [5, 5.41) is 14.0. The van der Waals surface area contributed by atoms with Gasteiger partial charge in [-0.2, -0.15) is 5.10 Å². The first kappa shape index (κ1) is 24.5. The van der Waals surface area contributed by atoms with Crippen molar-refractivity contribution in [2.24, 2.45) is 0 Å². The molecule has 0 aliphatic carbocycles. The first-order chi connectivity index (χ1) is 16.9. The van der Waals surface area contributed by atoms with Gasteiger partial charge in [-0.25, -0.2) is 4.98 Å². The predicted octanol–water partition coefficient (Wildman–Crippen LogP) is 3.37. The lowest BCUT2D eigenvalue weighted by atomic mass is 9.97. The highest BCUT2D eigenvalue weighted by molar-refractivity contribution is 6.33. The van der Waals surface area contributed by atoms with Gasteiger partial charge in [0, 0.05) is 39.5 Å². The van der Waals surface area contributed by atoms with Crippen LogP contribution in [0.4, 0.5) is 22.9 Å². The van der Waals surface area contributed by atoms with Crippen molar-refractivity contribution in [3.8, 4) is 0 Å². The topological polar surface area (TPSA) is 113 Å². The predicted molar refractivity (Wildman–Crippen MR) is 135 cm³/mol. The van der Waals surface area contributed by atoms with Gasteiger partial charge in [0.25, 0.3) is 5.91 Å². The van der Waals surface area contributed by atoms with Gasteiger partial charge in [-0.3, -0.25) is 14.3 Å². The number of halogens is 1. The van der Waals surface area contributed by atoms with Gasteiger partial charge in [0.2, 0.25) is 5.91 Å². The van der Waals surface area contributed by atoms with E-state index in [4.69, 9.17) is 16.3 Å². The zero-order chi connectivity index (χ0) is 24.9. The van der Waals surface area contributed by atoms with Crippen molar-refractivity contribution in [1.29, 1.82) is 0 Å². The fourth-order valence-corrected chi connectivity index (χ4v) is 3.95. The number of nitrogens with zero attached hydrogens (tertiary/aromatic N) is 4. The number of benzene rings is 1. The maximum atomic E-state index is 12.8. The number of methoxy groups -OCH3 is 1. The Morgan fingerprint density at radius 1 is 1.26 bits per heavy atom. The third-order valence-electron chi connectivity index (χ3n) is 5.81. The molecule has 3 heterocycles. The second kappa shape index (κ2) is 10.7. The van der Waals surface area contributed by atoms with Crippen molar-refractivity contribution in [2.75, 3.05) is 44.5 Å². The summed E-state index contributed by atoms with van der Waals surface area (Å²) in [4.78, 5) is 31.1. The molecule has 0 radical (unpaired) electrons. The summed E-state index contributed by atoms with van der Waals surface area (Å²) in [6.07, 6.45) is 5.68. The molecule has 3 aromatic rings. The SMILES string of the molecule is COCCNC(=O)C(C)n1cc(Nc2cc(Nc3cccc4c3C(=O)N(C)CC4)c(Cl)cn2)cn1. The van der Waals surface area contributed by atoms with Crippen LogP contribution in [0.1, 0.15) is 28.9 Å². The summed E-state index contributed by atoms with van der Waals surface area (Å²) in [5.74, 6) is 0.353. The van der Waals surface area contributed by atoms with E-state index in [2.05, 4.69) is 26.0 Å². The molecule has 0 fully saturated rings. The van der Waals surface area contributed by atoms with E-state index < -0.39 is 6.04 Å². The number of likely N-dealkylation sites (N-methyl/N-ethyl adjacent to an activating group) is 1. The maximum absolute atomic E-state index is 12.8. The number of hydrogen-bond acceptors (Lipinski definition) is 7. The second-order valence-electron chi connectivity index (χ2n) is 8.28. The highest BCUT2D eigenvalue weighted by Gasteiger charge is 2.25. The number of carbonyl (C=O) groups is 2. The molecule has 0 saturated carbocycles. The first-order valence-electron chi connectivity index (χ1n) is 11.2. The molecule has 35 heavy (non-hydrogen) atoms. The summed E-state index contributed by atoms with van der Waals surface area (Å²) in [6.45, 7) is 3.34. The third-order valence-corrected chi connectivity index (χ3v) is 6.11. The van der Waals surface area contributed by atoms with Gasteiger partial charge in [0.15, 0.2) is 0 Å². The molecule has 4 rings (SSSR count).